The number of halogens is 4. The van der Waals surface area contributed by atoms with Gasteiger partial charge in [0.25, 0.3) is 0 Å². The van der Waals surface area contributed by atoms with Gasteiger partial charge in [-0.15, -0.1) is 13.2 Å². The van der Waals surface area contributed by atoms with Crippen LogP contribution in [-0.2, 0) is 11.2 Å². The van der Waals surface area contributed by atoms with E-state index >= 15 is 0 Å². The maximum absolute atomic E-state index is 11.9. The summed E-state index contributed by atoms with van der Waals surface area (Å²) in [6.07, 6.45) is -4.58. The number of carbonyl (C=O) groups is 1. The van der Waals surface area contributed by atoms with Crippen LogP contribution in [0.4, 0.5) is 13.2 Å². The number of carboxylic acids is 1. The standard InChI is InChI=1S/C10H8BrF3O3/c11-8-5-7(17-10(12,13)14)3-1-6(8)2-4-9(15)16/h1,3,5H,2,4H2,(H,15,16). The van der Waals surface area contributed by atoms with Crippen molar-refractivity contribution in [3.63, 3.8) is 0 Å². The molecule has 0 bridgehead atoms. The summed E-state index contributed by atoms with van der Waals surface area (Å²) >= 11 is 3.06. The van der Waals surface area contributed by atoms with Gasteiger partial charge in [0.2, 0.25) is 0 Å². The minimum atomic E-state index is -4.73. The molecule has 0 amide bonds. The Kier molecular flexibility index (Phi) is 4.39. The summed E-state index contributed by atoms with van der Waals surface area (Å²) in [4.78, 5) is 10.3. The average Bonchev–Trinajstić information content (AvgIpc) is 2.13. The van der Waals surface area contributed by atoms with Crippen molar-refractivity contribution in [3.8, 4) is 5.75 Å². The van der Waals surface area contributed by atoms with Gasteiger partial charge in [-0.25, -0.2) is 0 Å². The molecular weight excluding hydrogens is 305 g/mol. The highest BCUT2D eigenvalue weighted by atomic mass is 79.9. The van der Waals surface area contributed by atoms with Gasteiger partial charge in [-0.2, -0.15) is 0 Å². The molecule has 1 N–H and O–H groups in total. The summed E-state index contributed by atoms with van der Waals surface area (Å²) in [6.45, 7) is 0. The summed E-state index contributed by atoms with van der Waals surface area (Å²) in [7, 11) is 0. The Morgan fingerprint density at radius 3 is 2.53 bits per heavy atom. The van der Waals surface area contributed by atoms with E-state index in [-0.39, 0.29) is 18.6 Å². The van der Waals surface area contributed by atoms with E-state index < -0.39 is 12.3 Å². The third kappa shape index (κ3) is 5.08. The quantitative estimate of drug-likeness (QED) is 0.927. The molecular formula is C10H8BrF3O3. The number of rotatable bonds is 4. The number of alkyl halides is 3. The number of hydrogen-bond donors (Lipinski definition) is 1. The second-order valence-corrected chi connectivity index (χ2v) is 4.05. The van der Waals surface area contributed by atoms with Crippen LogP contribution in [0.15, 0.2) is 22.7 Å². The average molecular weight is 313 g/mol. The van der Waals surface area contributed by atoms with Gasteiger partial charge in [-0.05, 0) is 24.1 Å². The molecule has 0 saturated heterocycles. The fourth-order valence-corrected chi connectivity index (χ4v) is 1.73. The molecule has 0 aliphatic rings. The van der Waals surface area contributed by atoms with Crippen LogP contribution in [0.3, 0.4) is 0 Å². The van der Waals surface area contributed by atoms with Gasteiger partial charge in [-0.1, -0.05) is 22.0 Å². The molecule has 0 aromatic heterocycles. The topological polar surface area (TPSA) is 46.5 Å². The lowest BCUT2D eigenvalue weighted by molar-refractivity contribution is -0.274. The Morgan fingerprint density at radius 2 is 2.06 bits per heavy atom. The van der Waals surface area contributed by atoms with E-state index in [1.807, 2.05) is 0 Å². The molecule has 0 fully saturated rings. The van der Waals surface area contributed by atoms with Crippen molar-refractivity contribution in [2.75, 3.05) is 0 Å². The Bertz CT molecular complexity index is 418. The van der Waals surface area contributed by atoms with Crippen LogP contribution in [0, 0.1) is 0 Å². The van der Waals surface area contributed by atoms with Crippen molar-refractivity contribution in [1.82, 2.24) is 0 Å². The van der Waals surface area contributed by atoms with Crippen LogP contribution in [0.25, 0.3) is 0 Å². The number of benzene rings is 1. The molecule has 94 valence electrons. The summed E-state index contributed by atoms with van der Waals surface area (Å²) < 4.78 is 39.8. The van der Waals surface area contributed by atoms with E-state index in [0.29, 0.717) is 10.0 Å². The van der Waals surface area contributed by atoms with Crippen molar-refractivity contribution >= 4 is 21.9 Å². The van der Waals surface area contributed by atoms with Crippen LogP contribution in [0.1, 0.15) is 12.0 Å². The summed E-state index contributed by atoms with van der Waals surface area (Å²) in [5.41, 5.74) is 0.613. The maximum Gasteiger partial charge on any atom is 0.573 e. The van der Waals surface area contributed by atoms with E-state index in [1.54, 1.807) is 0 Å². The van der Waals surface area contributed by atoms with Gasteiger partial charge >= 0.3 is 12.3 Å². The minimum Gasteiger partial charge on any atom is -0.481 e. The molecule has 1 rings (SSSR count). The van der Waals surface area contributed by atoms with E-state index in [2.05, 4.69) is 20.7 Å². The Labute approximate surface area is 103 Å². The Hall–Kier alpha value is -1.24. The monoisotopic (exact) mass is 312 g/mol. The molecule has 3 nitrogen and oxygen atoms in total. The Morgan fingerprint density at radius 1 is 1.41 bits per heavy atom. The number of ether oxygens (including phenoxy) is 1. The second-order valence-electron chi connectivity index (χ2n) is 3.19. The highest BCUT2D eigenvalue weighted by Gasteiger charge is 2.31. The molecule has 1 aromatic carbocycles. The number of carboxylic acid groups (broad SMARTS) is 1. The zero-order valence-electron chi connectivity index (χ0n) is 8.42. The van der Waals surface area contributed by atoms with Crippen LogP contribution in [0.2, 0.25) is 0 Å². The molecule has 0 aliphatic heterocycles. The van der Waals surface area contributed by atoms with E-state index in [0.717, 1.165) is 12.1 Å². The minimum absolute atomic E-state index is 0.0852. The van der Waals surface area contributed by atoms with E-state index in [1.165, 1.54) is 6.07 Å². The highest BCUT2D eigenvalue weighted by molar-refractivity contribution is 9.10. The molecule has 7 heteroatoms. The highest BCUT2D eigenvalue weighted by Crippen LogP contribution is 2.28. The molecule has 0 heterocycles. The fraction of sp³-hybridized carbons (Fsp3) is 0.300. The number of aryl methyl sites for hydroxylation is 1. The first-order valence-electron chi connectivity index (χ1n) is 4.54. The van der Waals surface area contributed by atoms with Gasteiger partial charge in [0.05, 0.1) is 0 Å². The molecule has 0 aliphatic carbocycles. The van der Waals surface area contributed by atoms with Crippen molar-refractivity contribution in [3.05, 3.63) is 28.2 Å². The second kappa shape index (κ2) is 5.39. The van der Waals surface area contributed by atoms with Crippen molar-refractivity contribution in [1.29, 1.82) is 0 Å². The molecule has 1 aromatic rings. The molecule has 0 atom stereocenters. The zero-order chi connectivity index (χ0) is 13.1. The van der Waals surface area contributed by atoms with Crippen LogP contribution < -0.4 is 4.74 Å². The SMILES string of the molecule is O=C(O)CCc1ccc(OC(F)(F)F)cc1Br. The first-order chi connectivity index (χ1) is 7.78. The molecule has 0 saturated carbocycles. The third-order valence-corrected chi connectivity index (χ3v) is 2.60. The number of hydrogen-bond acceptors (Lipinski definition) is 2. The van der Waals surface area contributed by atoms with Crippen LogP contribution in [0.5, 0.6) is 5.75 Å². The molecule has 17 heavy (non-hydrogen) atoms. The number of aliphatic carboxylic acids is 1. The lowest BCUT2D eigenvalue weighted by atomic mass is 10.1. The molecule has 0 unspecified atom stereocenters. The van der Waals surface area contributed by atoms with Crippen molar-refractivity contribution in [2.24, 2.45) is 0 Å². The summed E-state index contributed by atoms with van der Waals surface area (Å²) in [5.74, 6) is -1.31. The van der Waals surface area contributed by atoms with Gasteiger partial charge in [0.1, 0.15) is 5.75 Å². The lowest BCUT2D eigenvalue weighted by Gasteiger charge is -2.10. The van der Waals surface area contributed by atoms with E-state index in [4.69, 9.17) is 5.11 Å². The predicted molar refractivity (Wildman–Crippen MR) is 56.8 cm³/mol. The van der Waals surface area contributed by atoms with Gasteiger partial charge in [-0.3, -0.25) is 4.79 Å². The third-order valence-electron chi connectivity index (χ3n) is 1.87. The summed E-state index contributed by atoms with van der Waals surface area (Å²) in [5, 5.41) is 8.48. The summed E-state index contributed by atoms with van der Waals surface area (Å²) in [6, 6.07) is 3.70. The predicted octanol–water partition coefficient (Wildman–Crippen LogP) is 3.36. The van der Waals surface area contributed by atoms with Crippen LogP contribution in [-0.4, -0.2) is 17.4 Å². The Balaban J connectivity index is 2.76. The van der Waals surface area contributed by atoms with Gasteiger partial charge in [0.15, 0.2) is 0 Å². The molecule has 0 radical (unpaired) electrons. The largest absolute Gasteiger partial charge is 0.573 e. The smallest absolute Gasteiger partial charge is 0.481 e. The first kappa shape index (κ1) is 13.8. The molecule has 0 spiro atoms. The lowest BCUT2D eigenvalue weighted by Crippen LogP contribution is -2.17. The van der Waals surface area contributed by atoms with Crippen molar-refractivity contribution < 1.29 is 27.8 Å². The van der Waals surface area contributed by atoms with E-state index in [9.17, 15) is 18.0 Å². The van der Waals surface area contributed by atoms with Crippen molar-refractivity contribution in [2.45, 2.75) is 19.2 Å². The maximum atomic E-state index is 11.9. The van der Waals surface area contributed by atoms with Gasteiger partial charge < -0.3 is 9.84 Å². The van der Waals surface area contributed by atoms with Gasteiger partial charge in [0, 0.05) is 10.9 Å². The van der Waals surface area contributed by atoms with Crippen LogP contribution >= 0.6 is 15.9 Å². The fourth-order valence-electron chi connectivity index (χ4n) is 1.17. The first-order valence-corrected chi connectivity index (χ1v) is 5.33. The normalized spacial score (nSPS) is 11.3. The zero-order valence-corrected chi connectivity index (χ0v) is 10.0.